The van der Waals surface area contributed by atoms with Gasteiger partial charge in [-0.15, -0.1) is 11.3 Å². The summed E-state index contributed by atoms with van der Waals surface area (Å²) in [4.78, 5) is 23.1. The van der Waals surface area contributed by atoms with E-state index in [9.17, 15) is 4.79 Å². The molecule has 0 bridgehead atoms. The third kappa shape index (κ3) is 3.09. The summed E-state index contributed by atoms with van der Waals surface area (Å²) in [7, 11) is 2.17. The minimum atomic E-state index is -0.0250. The Kier molecular flexibility index (Phi) is 4.33. The van der Waals surface area contributed by atoms with Crippen LogP contribution in [0.5, 0.6) is 0 Å². The Morgan fingerprint density at radius 2 is 2.17 bits per heavy atom. The summed E-state index contributed by atoms with van der Waals surface area (Å²) < 4.78 is 0. The number of aromatic nitrogens is 2. The van der Waals surface area contributed by atoms with E-state index in [4.69, 9.17) is 0 Å². The van der Waals surface area contributed by atoms with Crippen molar-refractivity contribution in [2.75, 3.05) is 18.9 Å². The quantitative estimate of drug-likeness (QED) is 0.655. The number of piperidine rings is 1. The lowest BCUT2D eigenvalue weighted by molar-refractivity contribution is -0.122. The van der Waals surface area contributed by atoms with Crippen LogP contribution in [0.2, 0.25) is 0 Å². The molecule has 3 aromatic rings. The summed E-state index contributed by atoms with van der Waals surface area (Å²) in [6.07, 6.45) is 5.86. The molecule has 0 radical (unpaired) electrons. The van der Waals surface area contributed by atoms with E-state index in [1.54, 1.807) is 6.20 Å². The molecule has 1 saturated heterocycles. The van der Waals surface area contributed by atoms with Gasteiger partial charge in [0.05, 0.1) is 5.92 Å². The average Bonchev–Trinajstić information content (AvgIpc) is 3.32. The number of rotatable bonds is 2. The molecule has 1 aliphatic carbocycles. The number of nitrogens with one attached hydrogen (secondary N) is 2. The molecule has 0 unspecified atom stereocenters. The molecule has 5 nitrogen and oxygen atoms in total. The highest BCUT2D eigenvalue weighted by Gasteiger charge is 2.42. The van der Waals surface area contributed by atoms with Gasteiger partial charge in [-0.25, -0.2) is 4.98 Å². The molecular formula is C23H28N4OS. The first-order chi connectivity index (χ1) is 13.8. The maximum Gasteiger partial charge on any atom is 0.230 e. The first kappa shape index (κ1) is 18.8. The van der Waals surface area contributed by atoms with Gasteiger partial charge >= 0.3 is 0 Å². The van der Waals surface area contributed by atoms with Gasteiger partial charge in [0.2, 0.25) is 5.91 Å². The van der Waals surface area contributed by atoms with Gasteiger partial charge in [0.25, 0.3) is 0 Å². The van der Waals surface area contributed by atoms with Crippen molar-refractivity contribution in [1.82, 2.24) is 14.9 Å². The van der Waals surface area contributed by atoms with E-state index < -0.39 is 0 Å². The highest BCUT2D eigenvalue weighted by atomic mass is 32.1. The Morgan fingerprint density at radius 3 is 2.90 bits per heavy atom. The van der Waals surface area contributed by atoms with Crippen LogP contribution in [0.15, 0.2) is 29.9 Å². The Morgan fingerprint density at radius 1 is 1.34 bits per heavy atom. The maximum atomic E-state index is 12.9. The Labute approximate surface area is 175 Å². The number of anilines is 1. The normalized spacial score (nSPS) is 24.5. The minimum Gasteiger partial charge on any atom is -0.361 e. The Hall–Kier alpha value is -2.18. The van der Waals surface area contributed by atoms with E-state index in [-0.39, 0.29) is 17.2 Å². The summed E-state index contributed by atoms with van der Waals surface area (Å²) in [6, 6.07) is 5.07. The summed E-state index contributed by atoms with van der Waals surface area (Å²) >= 11 is 1.47. The highest BCUT2D eigenvalue weighted by molar-refractivity contribution is 7.13. The van der Waals surface area contributed by atoms with Crippen molar-refractivity contribution in [1.29, 1.82) is 0 Å². The highest BCUT2D eigenvalue weighted by Crippen LogP contribution is 2.46. The lowest BCUT2D eigenvalue weighted by Gasteiger charge is -2.45. The van der Waals surface area contributed by atoms with E-state index in [1.807, 2.05) is 5.38 Å². The number of thiazole rings is 1. The molecule has 0 saturated carbocycles. The molecule has 1 amide bonds. The van der Waals surface area contributed by atoms with Crippen molar-refractivity contribution >= 4 is 33.3 Å². The first-order valence-electron chi connectivity index (χ1n) is 10.4. The third-order valence-electron chi connectivity index (χ3n) is 6.70. The van der Waals surface area contributed by atoms with Gasteiger partial charge < -0.3 is 15.2 Å². The number of amides is 1. The molecule has 1 aromatic carbocycles. The van der Waals surface area contributed by atoms with E-state index in [2.05, 4.69) is 66.3 Å². The Balaban J connectivity index is 1.50. The van der Waals surface area contributed by atoms with Gasteiger partial charge in [0.15, 0.2) is 5.13 Å². The van der Waals surface area contributed by atoms with Crippen LogP contribution in [-0.4, -0.2) is 40.4 Å². The van der Waals surface area contributed by atoms with E-state index in [0.717, 1.165) is 19.4 Å². The van der Waals surface area contributed by atoms with Crippen LogP contribution in [0.1, 0.15) is 49.8 Å². The monoisotopic (exact) mass is 408 g/mol. The van der Waals surface area contributed by atoms with E-state index in [1.165, 1.54) is 38.9 Å². The number of likely N-dealkylation sites (tertiary alicyclic amines) is 1. The summed E-state index contributed by atoms with van der Waals surface area (Å²) in [5.74, 6) is 0.441. The number of nitrogens with zero attached hydrogens (tertiary/aromatic N) is 2. The van der Waals surface area contributed by atoms with Gasteiger partial charge in [-0.3, -0.25) is 4.79 Å². The first-order valence-corrected chi connectivity index (χ1v) is 11.2. The van der Waals surface area contributed by atoms with E-state index >= 15 is 0 Å². The molecule has 1 fully saturated rings. The van der Waals surface area contributed by atoms with Crippen molar-refractivity contribution in [3.05, 3.63) is 46.6 Å². The second-order valence-corrected chi connectivity index (χ2v) is 10.5. The lowest BCUT2D eigenvalue weighted by atomic mass is 9.71. The number of fused-ring (bicyclic) bond motifs is 2. The molecular weight excluding hydrogens is 380 g/mol. The SMILES string of the molecule is CN1C[C@H](C(=O)Nc2nccs2)C[C@@H]2c3ccc(C(C)(C)C)c4[nH]cc(c34)C[C@H]21. The van der Waals surface area contributed by atoms with Gasteiger partial charge in [0.1, 0.15) is 0 Å². The van der Waals surface area contributed by atoms with Crippen molar-refractivity contribution < 1.29 is 4.79 Å². The number of likely N-dealkylation sites (N-methyl/N-ethyl adjacent to an activating group) is 1. The fourth-order valence-electron chi connectivity index (χ4n) is 5.31. The van der Waals surface area contributed by atoms with Crippen LogP contribution in [-0.2, 0) is 16.6 Å². The number of H-pyrrole nitrogens is 1. The summed E-state index contributed by atoms with van der Waals surface area (Å²) in [6.45, 7) is 7.60. The fraction of sp³-hybridized carbons (Fsp3) is 0.478. The van der Waals surface area contributed by atoms with Crippen molar-refractivity contribution in [2.45, 2.75) is 51.0 Å². The van der Waals surface area contributed by atoms with Crippen LogP contribution in [0, 0.1) is 5.92 Å². The number of hydrogen-bond donors (Lipinski definition) is 2. The average molecular weight is 409 g/mol. The number of hydrogen-bond acceptors (Lipinski definition) is 4. The van der Waals surface area contributed by atoms with Crippen LogP contribution in [0.3, 0.4) is 0 Å². The zero-order chi connectivity index (χ0) is 20.3. The molecule has 2 aliphatic rings. The molecule has 152 valence electrons. The number of carbonyl (C=O) groups excluding carboxylic acids is 1. The molecule has 6 heteroatoms. The molecule has 2 N–H and O–H groups in total. The van der Waals surface area contributed by atoms with Gasteiger partial charge in [-0.1, -0.05) is 32.9 Å². The molecule has 1 aliphatic heterocycles. The molecule has 3 heterocycles. The smallest absolute Gasteiger partial charge is 0.230 e. The van der Waals surface area contributed by atoms with Gasteiger partial charge in [-0.05, 0) is 42.0 Å². The van der Waals surface area contributed by atoms with Crippen LogP contribution in [0.25, 0.3) is 10.9 Å². The van der Waals surface area contributed by atoms with Crippen LogP contribution in [0.4, 0.5) is 5.13 Å². The van der Waals surface area contributed by atoms with Crippen molar-refractivity contribution in [2.24, 2.45) is 5.92 Å². The predicted molar refractivity (Wildman–Crippen MR) is 119 cm³/mol. The third-order valence-corrected chi connectivity index (χ3v) is 7.39. The Bertz CT molecular complexity index is 1060. The number of benzene rings is 1. The molecule has 0 spiro atoms. The fourth-order valence-corrected chi connectivity index (χ4v) is 5.84. The predicted octanol–water partition coefficient (Wildman–Crippen LogP) is 4.52. The minimum absolute atomic E-state index is 0.0250. The van der Waals surface area contributed by atoms with Gasteiger partial charge in [-0.2, -0.15) is 0 Å². The van der Waals surface area contributed by atoms with Crippen molar-refractivity contribution in [3.8, 4) is 0 Å². The number of carbonyl (C=O) groups is 1. The summed E-state index contributed by atoms with van der Waals surface area (Å²) in [5.41, 5.74) is 5.55. The maximum absolute atomic E-state index is 12.9. The largest absolute Gasteiger partial charge is 0.361 e. The molecule has 3 atom stereocenters. The molecule has 29 heavy (non-hydrogen) atoms. The summed E-state index contributed by atoms with van der Waals surface area (Å²) in [5, 5.41) is 6.99. The topological polar surface area (TPSA) is 61.0 Å². The van der Waals surface area contributed by atoms with Gasteiger partial charge in [0, 0.05) is 47.2 Å². The number of aromatic amines is 1. The van der Waals surface area contributed by atoms with Crippen LogP contribution < -0.4 is 5.32 Å². The van der Waals surface area contributed by atoms with Crippen molar-refractivity contribution in [3.63, 3.8) is 0 Å². The van der Waals surface area contributed by atoms with E-state index in [0.29, 0.717) is 17.1 Å². The standard InChI is InChI=1S/C23H28N4OS/c1-23(2,3)17-6-5-15-16-9-14(21(28)26-22-24-7-8-29-22)12-27(4)18(16)10-13-11-25-20(17)19(13)15/h5-8,11,14,16,18,25H,9-10,12H2,1-4H3,(H,24,26,28)/t14-,16-,18-/m1/s1. The zero-order valence-corrected chi connectivity index (χ0v) is 18.3. The second-order valence-electron chi connectivity index (χ2n) is 9.59. The zero-order valence-electron chi connectivity index (χ0n) is 17.5. The molecule has 2 aromatic heterocycles. The molecule has 5 rings (SSSR count). The van der Waals surface area contributed by atoms with Crippen LogP contribution >= 0.6 is 11.3 Å². The second kappa shape index (κ2) is 6.67. The lowest BCUT2D eigenvalue weighted by Crippen LogP contribution is -2.50.